The fraction of sp³-hybridized carbons (Fsp3) is 0.172. The number of aromatic nitrogens is 1. The van der Waals surface area contributed by atoms with Crippen molar-refractivity contribution in [3.8, 4) is 22.8 Å². The van der Waals surface area contributed by atoms with Crippen molar-refractivity contribution in [3.05, 3.63) is 101 Å². The average molecular weight is 483 g/mol. The number of anilines is 2. The molecule has 0 fully saturated rings. The predicted molar refractivity (Wildman–Crippen MR) is 143 cm³/mol. The van der Waals surface area contributed by atoms with Crippen LogP contribution in [0.25, 0.3) is 11.3 Å². The van der Waals surface area contributed by atoms with Crippen LogP contribution in [0, 0.1) is 6.92 Å². The summed E-state index contributed by atoms with van der Waals surface area (Å²) in [6, 6.07) is 22.6. The largest absolute Gasteiger partial charge is 0.493 e. The number of carbonyl (C=O) groups is 1. The summed E-state index contributed by atoms with van der Waals surface area (Å²) >= 11 is 0. The van der Waals surface area contributed by atoms with Gasteiger partial charge in [0.15, 0.2) is 11.5 Å². The van der Waals surface area contributed by atoms with Crippen molar-refractivity contribution in [2.45, 2.75) is 20.0 Å². The fourth-order valence-electron chi connectivity index (χ4n) is 3.96. The summed E-state index contributed by atoms with van der Waals surface area (Å²) in [7, 11) is 3.26. The number of benzene rings is 3. The minimum atomic E-state index is -0.208. The van der Waals surface area contributed by atoms with E-state index in [2.05, 4.69) is 21.7 Å². The van der Waals surface area contributed by atoms with Gasteiger partial charge in [0.05, 0.1) is 31.3 Å². The van der Waals surface area contributed by atoms with Crippen LogP contribution in [0.3, 0.4) is 0 Å². The minimum absolute atomic E-state index is 0.208. The fourth-order valence-corrected chi connectivity index (χ4v) is 3.96. The number of aryl methyl sites for hydroxylation is 1. The molecule has 0 unspecified atom stereocenters. The second-order valence-electron chi connectivity index (χ2n) is 8.42. The molecule has 4 rings (SSSR count). The second kappa shape index (κ2) is 11.4. The highest BCUT2D eigenvalue weighted by atomic mass is 16.5. The molecule has 36 heavy (non-hydrogen) atoms. The Morgan fingerprint density at radius 1 is 0.889 bits per heavy atom. The van der Waals surface area contributed by atoms with Crippen molar-refractivity contribution >= 4 is 17.3 Å². The molecule has 0 bridgehead atoms. The Morgan fingerprint density at radius 3 is 2.31 bits per heavy atom. The Kier molecular flexibility index (Phi) is 7.82. The molecule has 184 valence electrons. The van der Waals surface area contributed by atoms with Gasteiger partial charge in [0.2, 0.25) is 0 Å². The summed E-state index contributed by atoms with van der Waals surface area (Å²) in [5.74, 6) is 1.22. The SMILES string of the molecule is COc1ccc(CNCc2cnc(-c3ccc(C(=O)Nc4ccccc4N)cc3)c(C)c2)cc1OC. The van der Waals surface area contributed by atoms with Crippen LogP contribution < -0.4 is 25.8 Å². The van der Waals surface area contributed by atoms with E-state index in [1.165, 1.54) is 0 Å². The van der Waals surface area contributed by atoms with Crippen LogP contribution >= 0.6 is 0 Å². The number of nitrogens with one attached hydrogen (secondary N) is 2. The van der Waals surface area contributed by atoms with Gasteiger partial charge in [-0.1, -0.05) is 36.4 Å². The predicted octanol–water partition coefficient (Wildman–Crippen LogP) is 5.20. The Morgan fingerprint density at radius 2 is 1.61 bits per heavy atom. The topological polar surface area (TPSA) is 98.5 Å². The monoisotopic (exact) mass is 482 g/mol. The summed E-state index contributed by atoms with van der Waals surface area (Å²) < 4.78 is 10.7. The third kappa shape index (κ3) is 5.82. The Bertz CT molecular complexity index is 1350. The van der Waals surface area contributed by atoms with Crippen molar-refractivity contribution in [1.82, 2.24) is 10.3 Å². The molecule has 7 heteroatoms. The van der Waals surface area contributed by atoms with Crippen molar-refractivity contribution in [2.24, 2.45) is 0 Å². The minimum Gasteiger partial charge on any atom is -0.493 e. The molecule has 1 amide bonds. The maximum Gasteiger partial charge on any atom is 0.255 e. The quantitative estimate of drug-likeness (QED) is 0.284. The molecule has 0 saturated heterocycles. The molecule has 0 atom stereocenters. The Balaban J connectivity index is 1.37. The molecular weight excluding hydrogens is 452 g/mol. The van der Waals surface area contributed by atoms with E-state index in [4.69, 9.17) is 15.2 Å². The number of methoxy groups -OCH3 is 2. The first-order chi connectivity index (χ1) is 17.5. The van der Waals surface area contributed by atoms with E-state index in [-0.39, 0.29) is 5.91 Å². The molecule has 4 aromatic rings. The second-order valence-corrected chi connectivity index (χ2v) is 8.42. The third-order valence-corrected chi connectivity index (χ3v) is 5.87. The highest BCUT2D eigenvalue weighted by Crippen LogP contribution is 2.27. The van der Waals surface area contributed by atoms with Crippen molar-refractivity contribution in [2.75, 3.05) is 25.3 Å². The highest BCUT2D eigenvalue weighted by Gasteiger charge is 2.10. The Hall–Kier alpha value is -4.36. The molecule has 0 spiro atoms. The summed E-state index contributed by atoms with van der Waals surface area (Å²) in [4.78, 5) is 17.3. The van der Waals surface area contributed by atoms with E-state index in [0.29, 0.717) is 41.5 Å². The number of nitrogens with zero attached hydrogens (tertiary/aromatic N) is 1. The van der Waals surface area contributed by atoms with Gasteiger partial charge in [-0.25, -0.2) is 0 Å². The van der Waals surface area contributed by atoms with Crippen molar-refractivity contribution in [1.29, 1.82) is 0 Å². The lowest BCUT2D eigenvalue weighted by Crippen LogP contribution is -2.13. The lowest BCUT2D eigenvalue weighted by Gasteiger charge is -2.12. The summed E-state index contributed by atoms with van der Waals surface area (Å²) in [5.41, 5.74) is 12.7. The number of ether oxygens (including phenoxy) is 2. The molecule has 7 nitrogen and oxygen atoms in total. The number of hydrogen-bond acceptors (Lipinski definition) is 6. The molecule has 4 N–H and O–H groups in total. The van der Waals surface area contributed by atoms with Gasteiger partial charge in [-0.05, 0) is 60.0 Å². The van der Waals surface area contributed by atoms with Gasteiger partial charge >= 0.3 is 0 Å². The van der Waals surface area contributed by atoms with Gasteiger partial charge in [-0.2, -0.15) is 0 Å². The zero-order valence-electron chi connectivity index (χ0n) is 20.7. The lowest BCUT2D eigenvalue weighted by atomic mass is 10.0. The summed E-state index contributed by atoms with van der Waals surface area (Å²) in [6.07, 6.45) is 1.88. The van der Waals surface area contributed by atoms with Crippen molar-refractivity contribution < 1.29 is 14.3 Å². The number of pyridine rings is 1. The molecule has 0 aliphatic rings. The van der Waals surface area contributed by atoms with Crippen LogP contribution in [-0.4, -0.2) is 25.1 Å². The summed E-state index contributed by atoms with van der Waals surface area (Å²) in [6.45, 7) is 3.42. The van der Waals surface area contributed by atoms with E-state index >= 15 is 0 Å². The van der Waals surface area contributed by atoms with Crippen LogP contribution in [0.2, 0.25) is 0 Å². The Labute approximate surface area is 211 Å². The number of carbonyl (C=O) groups excluding carboxylic acids is 1. The number of amides is 1. The normalized spacial score (nSPS) is 10.6. The first-order valence-electron chi connectivity index (χ1n) is 11.6. The molecule has 0 aliphatic carbocycles. The number of nitrogen functional groups attached to an aromatic ring is 1. The van der Waals surface area contributed by atoms with Gasteiger partial charge in [0, 0.05) is 30.4 Å². The zero-order chi connectivity index (χ0) is 25.5. The zero-order valence-corrected chi connectivity index (χ0v) is 20.7. The van der Waals surface area contributed by atoms with Crippen LogP contribution in [-0.2, 0) is 13.1 Å². The average Bonchev–Trinajstić information content (AvgIpc) is 2.90. The van der Waals surface area contributed by atoms with Crippen LogP contribution in [0.4, 0.5) is 11.4 Å². The van der Waals surface area contributed by atoms with Crippen LogP contribution in [0.5, 0.6) is 11.5 Å². The molecule has 3 aromatic carbocycles. The molecule has 1 aromatic heterocycles. The van der Waals surface area contributed by atoms with E-state index < -0.39 is 0 Å². The molecular formula is C29H30N4O3. The maximum atomic E-state index is 12.6. The van der Waals surface area contributed by atoms with E-state index in [0.717, 1.165) is 27.9 Å². The van der Waals surface area contributed by atoms with Gasteiger partial charge < -0.3 is 25.8 Å². The maximum absolute atomic E-state index is 12.6. The lowest BCUT2D eigenvalue weighted by molar-refractivity contribution is 0.102. The number of nitrogens with two attached hydrogens (primary N) is 1. The number of rotatable bonds is 9. The van der Waals surface area contributed by atoms with E-state index in [1.807, 2.05) is 55.6 Å². The molecule has 1 heterocycles. The van der Waals surface area contributed by atoms with Crippen LogP contribution in [0.1, 0.15) is 27.0 Å². The van der Waals surface area contributed by atoms with E-state index in [1.54, 1.807) is 38.5 Å². The summed E-state index contributed by atoms with van der Waals surface area (Å²) in [5, 5.41) is 6.30. The van der Waals surface area contributed by atoms with Gasteiger partial charge in [-0.3, -0.25) is 9.78 Å². The molecule has 0 saturated carbocycles. The number of hydrogen-bond donors (Lipinski definition) is 3. The standard InChI is InChI=1S/C29H30N4O3/c1-19-14-21(17-31-16-20-8-13-26(35-2)27(15-20)36-3)18-32-28(19)22-9-11-23(12-10-22)29(34)33-25-7-5-4-6-24(25)30/h4-15,18,31H,16-17,30H2,1-3H3,(H,33,34). The first kappa shape index (κ1) is 24.8. The first-order valence-corrected chi connectivity index (χ1v) is 11.6. The number of para-hydroxylation sites is 2. The molecule has 0 radical (unpaired) electrons. The van der Waals surface area contributed by atoms with Crippen molar-refractivity contribution in [3.63, 3.8) is 0 Å². The van der Waals surface area contributed by atoms with E-state index in [9.17, 15) is 4.79 Å². The third-order valence-electron chi connectivity index (χ3n) is 5.87. The highest BCUT2D eigenvalue weighted by molar-refractivity contribution is 6.05. The molecule has 0 aliphatic heterocycles. The van der Waals surface area contributed by atoms with Gasteiger partial charge in [-0.15, -0.1) is 0 Å². The van der Waals surface area contributed by atoms with Crippen LogP contribution in [0.15, 0.2) is 79.0 Å². The van der Waals surface area contributed by atoms with Gasteiger partial charge in [0.1, 0.15) is 0 Å². The smallest absolute Gasteiger partial charge is 0.255 e. The van der Waals surface area contributed by atoms with Gasteiger partial charge in [0.25, 0.3) is 5.91 Å².